The van der Waals surface area contributed by atoms with Crippen molar-refractivity contribution in [3.63, 3.8) is 0 Å². The Labute approximate surface area is 341 Å². The van der Waals surface area contributed by atoms with Crippen LogP contribution in [0.25, 0.3) is 62.2 Å². The second kappa shape index (κ2) is 14.3. The Morgan fingerprint density at radius 2 is 1.04 bits per heavy atom. The largest absolute Gasteiger partial charge is 0.495 e. The lowest BCUT2D eigenvalue weighted by Crippen LogP contribution is -2.38. The Bertz CT molecular complexity index is 2440. The van der Waals surface area contributed by atoms with Gasteiger partial charge in [-0.15, -0.1) is 45.3 Å². The first kappa shape index (κ1) is 36.3. The molecule has 2 spiro atoms. The number of thiophene rings is 4. The van der Waals surface area contributed by atoms with Gasteiger partial charge in [-0.1, -0.05) is 12.8 Å². The van der Waals surface area contributed by atoms with Gasteiger partial charge in [0.2, 0.25) is 0 Å². The number of ether oxygens (including phenoxy) is 4. The van der Waals surface area contributed by atoms with Crippen LogP contribution in [0, 0.1) is 35.8 Å². The number of fused-ring (bicyclic) bond motifs is 8. The zero-order valence-corrected chi connectivity index (χ0v) is 34.0. The summed E-state index contributed by atoms with van der Waals surface area (Å²) >= 11 is 6.55. The van der Waals surface area contributed by atoms with Crippen molar-refractivity contribution >= 4 is 57.5 Å². The second-order valence-corrected chi connectivity index (χ2v) is 18.7. The Morgan fingerprint density at radius 3 is 1.39 bits per heavy atom. The normalized spacial score (nSPS) is 17.5. The maximum atomic E-state index is 9.42. The van der Waals surface area contributed by atoms with Crippen LogP contribution < -0.4 is 18.9 Å². The average Bonchev–Trinajstić information content (AvgIpc) is 4.04. The number of allylic oxidation sites excluding steroid dienone is 2. The van der Waals surface area contributed by atoms with Crippen molar-refractivity contribution in [2.75, 3.05) is 14.2 Å². The summed E-state index contributed by atoms with van der Waals surface area (Å²) in [4.78, 5) is 14.8. The third-order valence-corrected chi connectivity index (χ3v) is 16.1. The van der Waals surface area contributed by atoms with Gasteiger partial charge in [-0.05, 0) is 99.9 Å². The molecule has 9 rings (SSSR count). The van der Waals surface area contributed by atoms with Crippen molar-refractivity contribution in [1.29, 1.82) is 10.5 Å². The van der Waals surface area contributed by atoms with Crippen LogP contribution in [0.1, 0.15) is 85.1 Å². The zero-order valence-electron chi connectivity index (χ0n) is 30.7. The molecule has 278 valence electrons. The maximum absolute atomic E-state index is 9.42. The molecule has 6 heterocycles. The number of rotatable bonds is 6. The van der Waals surface area contributed by atoms with Gasteiger partial charge < -0.3 is 18.9 Å². The summed E-state index contributed by atoms with van der Waals surface area (Å²) in [7, 11) is 3.32. The number of hydrogen-bond donors (Lipinski definition) is 0. The van der Waals surface area contributed by atoms with E-state index < -0.39 is 11.2 Å². The molecule has 2 saturated carbocycles. The molecule has 0 unspecified atom stereocenters. The molecule has 0 atom stereocenters. The lowest BCUT2D eigenvalue weighted by molar-refractivity contribution is 0.0203. The third-order valence-electron chi connectivity index (χ3n) is 11.3. The van der Waals surface area contributed by atoms with Crippen molar-refractivity contribution < 1.29 is 18.9 Å². The molecule has 8 nitrogen and oxygen atoms in total. The minimum Gasteiger partial charge on any atom is -0.495 e. The highest BCUT2D eigenvalue weighted by Gasteiger charge is 2.47. The molecule has 2 aliphatic carbocycles. The summed E-state index contributed by atoms with van der Waals surface area (Å²) < 4.78 is 26.2. The van der Waals surface area contributed by atoms with Gasteiger partial charge in [0.05, 0.1) is 49.3 Å². The van der Waals surface area contributed by atoms with E-state index in [4.69, 9.17) is 32.1 Å². The molecule has 2 fully saturated rings. The first-order chi connectivity index (χ1) is 27.3. The highest BCUT2D eigenvalue weighted by Crippen LogP contribution is 2.62. The van der Waals surface area contributed by atoms with Crippen molar-refractivity contribution in [2.45, 2.75) is 75.4 Å². The van der Waals surface area contributed by atoms with E-state index in [-0.39, 0.29) is 11.4 Å². The Kier molecular flexibility index (Phi) is 9.28. The predicted molar refractivity (Wildman–Crippen MR) is 224 cm³/mol. The third kappa shape index (κ3) is 5.92. The number of nitriles is 2. The molecule has 0 N–H and O–H groups in total. The standard InChI is InChI=1S/C44H34N4O4S4/c1-47-25(23-45)15-27-17-35(49-3)41(53-27)37-21-31-39(55-37)29-19-34-30(20-33(29)51-43(31)11-7-5-8-12-43)40-32(44(52-34)13-9-6-10-14-44)22-38(56-40)42-36(50-4)18-28(54-42)16-26(24-46)48-2/h15-22H,5-14H2,3-4H3/b25-15-,26-16+. The molecular formula is C44H34N4O4S4. The highest BCUT2D eigenvalue weighted by molar-refractivity contribution is 7.25. The number of hydrogen-bond acceptors (Lipinski definition) is 10. The predicted octanol–water partition coefficient (Wildman–Crippen LogP) is 13.3. The molecule has 5 aromatic rings. The van der Waals surface area contributed by atoms with E-state index in [1.165, 1.54) is 56.4 Å². The van der Waals surface area contributed by atoms with E-state index >= 15 is 0 Å². The fourth-order valence-corrected chi connectivity index (χ4v) is 13.6. The topological polar surface area (TPSA) is 93.2 Å². The molecule has 0 bridgehead atoms. The molecule has 2 aliphatic heterocycles. The smallest absolute Gasteiger partial charge is 0.263 e. The van der Waals surface area contributed by atoms with Gasteiger partial charge in [-0.2, -0.15) is 0 Å². The van der Waals surface area contributed by atoms with Crippen LogP contribution in [0.15, 0.2) is 47.8 Å². The van der Waals surface area contributed by atoms with E-state index in [1.807, 2.05) is 24.3 Å². The number of methoxy groups -OCH3 is 2. The summed E-state index contributed by atoms with van der Waals surface area (Å²) in [5.41, 5.74) is 3.70. The molecule has 56 heavy (non-hydrogen) atoms. The fourth-order valence-electron chi connectivity index (χ4n) is 8.71. The van der Waals surface area contributed by atoms with E-state index in [1.54, 1.807) is 49.0 Å². The first-order valence-electron chi connectivity index (χ1n) is 18.5. The van der Waals surface area contributed by atoms with Crippen molar-refractivity contribution in [2.24, 2.45) is 0 Å². The lowest BCUT2D eigenvalue weighted by Gasteiger charge is -2.44. The molecular weight excluding hydrogens is 777 g/mol. The molecule has 1 aromatic carbocycles. The molecule has 12 heteroatoms. The Morgan fingerprint density at radius 1 is 0.625 bits per heavy atom. The van der Waals surface area contributed by atoms with Crippen LogP contribution in [0.4, 0.5) is 0 Å². The van der Waals surface area contributed by atoms with E-state index in [0.717, 1.165) is 115 Å². The monoisotopic (exact) mass is 810 g/mol. The summed E-state index contributed by atoms with van der Waals surface area (Å²) in [5.74, 6) is 3.18. The maximum Gasteiger partial charge on any atom is 0.263 e. The Balaban J connectivity index is 1.20. The van der Waals surface area contributed by atoms with Crippen LogP contribution in [0.3, 0.4) is 0 Å². The average molecular weight is 811 g/mol. The van der Waals surface area contributed by atoms with E-state index in [0.29, 0.717) is 0 Å². The SMILES string of the molecule is [C-]#[N+]/C(C#N)=C\c1cc(OC)c(-c2cc3c(s2)-c2cc4c(cc2OC32CCCCC2)-c2sc(-c3sc(/C=C(\C#N)[N+]#[C-])cc3OC)cc2C2(CCCCC2)O4)s1. The molecule has 4 aromatic heterocycles. The van der Waals surface area contributed by atoms with Gasteiger partial charge in [-0.25, -0.2) is 20.2 Å². The number of nitrogens with zero attached hydrogens (tertiary/aromatic N) is 4. The molecule has 0 amide bonds. The van der Waals surface area contributed by atoms with Gasteiger partial charge in [0, 0.05) is 51.5 Å². The Hall–Kier alpha value is -5.34. The van der Waals surface area contributed by atoms with E-state index in [9.17, 15) is 10.5 Å². The summed E-state index contributed by atoms with van der Waals surface area (Å²) in [6.45, 7) is 14.7. The molecule has 4 aliphatic rings. The molecule has 0 radical (unpaired) electrons. The van der Waals surface area contributed by atoms with Crippen LogP contribution in [-0.2, 0) is 11.2 Å². The van der Waals surface area contributed by atoms with Gasteiger partial charge in [0.1, 0.15) is 34.2 Å². The minimum absolute atomic E-state index is 0.0400. The zero-order chi connectivity index (χ0) is 38.6. The van der Waals surface area contributed by atoms with Gasteiger partial charge in [0.15, 0.2) is 0 Å². The minimum atomic E-state index is -0.444. The summed E-state index contributed by atoms with van der Waals surface area (Å²) in [5, 5.41) is 18.8. The number of benzene rings is 1. The van der Waals surface area contributed by atoms with E-state index in [2.05, 4.69) is 34.0 Å². The van der Waals surface area contributed by atoms with Crippen molar-refractivity contribution in [1.82, 2.24) is 0 Å². The van der Waals surface area contributed by atoms with Crippen LogP contribution in [0.2, 0.25) is 0 Å². The first-order valence-corrected chi connectivity index (χ1v) is 21.8. The van der Waals surface area contributed by atoms with Crippen LogP contribution in [0.5, 0.6) is 23.0 Å². The van der Waals surface area contributed by atoms with Crippen molar-refractivity contribution in [3.8, 4) is 75.5 Å². The van der Waals surface area contributed by atoms with Crippen LogP contribution >= 0.6 is 45.3 Å². The van der Waals surface area contributed by atoms with Crippen LogP contribution in [-0.4, -0.2) is 14.2 Å². The van der Waals surface area contributed by atoms with Crippen molar-refractivity contribution in [3.05, 3.63) is 91.5 Å². The molecule has 0 saturated heterocycles. The van der Waals surface area contributed by atoms with Gasteiger partial charge >= 0.3 is 0 Å². The summed E-state index contributed by atoms with van der Waals surface area (Å²) in [6.07, 6.45) is 13.7. The van der Waals surface area contributed by atoms with Gasteiger partial charge in [0.25, 0.3) is 11.4 Å². The van der Waals surface area contributed by atoms with Gasteiger partial charge in [-0.3, -0.25) is 0 Å². The fraction of sp³-hybridized carbons (Fsp3) is 0.318. The highest BCUT2D eigenvalue weighted by atomic mass is 32.1. The second-order valence-electron chi connectivity index (χ2n) is 14.5. The quantitative estimate of drug-likeness (QED) is 0.125. The lowest BCUT2D eigenvalue weighted by atomic mass is 9.76. The summed E-state index contributed by atoms with van der Waals surface area (Å²) in [6, 6.07) is 16.8.